The lowest BCUT2D eigenvalue weighted by molar-refractivity contribution is 0.558. The fourth-order valence-electron chi connectivity index (χ4n) is 1.55. The van der Waals surface area contributed by atoms with Crippen LogP contribution in [0.1, 0.15) is 18.9 Å². The summed E-state index contributed by atoms with van der Waals surface area (Å²) in [5.74, 6) is 0.506. The van der Waals surface area contributed by atoms with Crippen molar-refractivity contribution >= 4 is 9.84 Å². The van der Waals surface area contributed by atoms with Crippen LogP contribution in [-0.2, 0) is 16.4 Å². The lowest BCUT2D eigenvalue weighted by Crippen LogP contribution is -2.27. The molecule has 0 fully saturated rings. The summed E-state index contributed by atoms with van der Waals surface area (Å²) in [6, 6.07) is 0. The van der Waals surface area contributed by atoms with E-state index >= 15 is 0 Å². The molecule has 5 nitrogen and oxygen atoms in total. The Balaban J connectivity index is 2.13. The molecule has 6 heteroatoms. The summed E-state index contributed by atoms with van der Waals surface area (Å²) in [5.41, 5.74) is 1.13. The molecular formula is C11H21N3O2S. The van der Waals surface area contributed by atoms with Gasteiger partial charge in [0.25, 0.3) is 0 Å². The summed E-state index contributed by atoms with van der Waals surface area (Å²) in [7, 11) is -2.86. The van der Waals surface area contributed by atoms with Crippen molar-refractivity contribution in [2.45, 2.75) is 26.8 Å². The Bertz CT molecular complexity index is 426. The van der Waals surface area contributed by atoms with Gasteiger partial charge in [-0.1, -0.05) is 6.92 Å². The van der Waals surface area contributed by atoms with Crippen molar-refractivity contribution in [2.24, 2.45) is 0 Å². The first-order valence-corrected chi connectivity index (χ1v) is 7.76. The van der Waals surface area contributed by atoms with E-state index in [-0.39, 0.29) is 11.5 Å². The zero-order chi connectivity index (χ0) is 12.7. The third kappa shape index (κ3) is 5.83. The Hall–Kier alpha value is -0.880. The van der Waals surface area contributed by atoms with E-state index in [9.17, 15) is 8.42 Å². The monoisotopic (exact) mass is 259 g/mol. The van der Waals surface area contributed by atoms with E-state index in [1.165, 1.54) is 0 Å². The molecule has 0 saturated heterocycles. The van der Waals surface area contributed by atoms with Gasteiger partial charge in [-0.25, -0.2) is 8.42 Å². The molecule has 1 N–H and O–H groups in total. The smallest absolute Gasteiger partial charge is 0.151 e. The summed E-state index contributed by atoms with van der Waals surface area (Å²) in [4.78, 5) is 0. The fraction of sp³-hybridized carbons (Fsp3) is 0.727. The van der Waals surface area contributed by atoms with Gasteiger partial charge in [-0.15, -0.1) is 0 Å². The average molecular weight is 259 g/mol. The Kier molecular flexibility index (Phi) is 5.64. The van der Waals surface area contributed by atoms with Crippen LogP contribution in [0.2, 0.25) is 0 Å². The van der Waals surface area contributed by atoms with Gasteiger partial charge in [0.15, 0.2) is 9.84 Å². The molecule has 0 aliphatic heterocycles. The molecule has 0 radical (unpaired) electrons. The third-order valence-electron chi connectivity index (χ3n) is 2.38. The zero-order valence-electron chi connectivity index (χ0n) is 10.5. The summed E-state index contributed by atoms with van der Waals surface area (Å²) in [6.07, 6.45) is 4.47. The third-order valence-corrected chi connectivity index (χ3v) is 4.24. The van der Waals surface area contributed by atoms with Gasteiger partial charge < -0.3 is 5.32 Å². The van der Waals surface area contributed by atoms with Gasteiger partial charge in [-0.05, 0) is 18.9 Å². The minimum absolute atomic E-state index is 0.221. The maximum absolute atomic E-state index is 11.4. The van der Waals surface area contributed by atoms with Crippen molar-refractivity contribution in [3.05, 3.63) is 18.0 Å². The van der Waals surface area contributed by atoms with Gasteiger partial charge in [0, 0.05) is 25.0 Å². The first kappa shape index (κ1) is 14.2. The summed E-state index contributed by atoms with van der Waals surface area (Å²) >= 11 is 0. The highest BCUT2D eigenvalue weighted by Crippen LogP contribution is 1.94. The van der Waals surface area contributed by atoms with E-state index in [2.05, 4.69) is 10.4 Å². The highest BCUT2D eigenvalue weighted by Gasteiger charge is 2.07. The Labute approximate surface area is 103 Å². The average Bonchev–Trinajstić information content (AvgIpc) is 2.63. The molecule has 17 heavy (non-hydrogen) atoms. The lowest BCUT2D eigenvalue weighted by atomic mass is 10.4. The molecule has 98 valence electrons. The van der Waals surface area contributed by atoms with Crippen molar-refractivity contribution in [1.82, 2.24) is 15.1 Å². The second kappa shape index (κ2) is 6.76. The van der Waals surface area contributed by atoms with E-state index in [0.717, 1.165) is 18.7 Å². The number of hydrogen-bond donors (Lipinski definition) is 1. The van der Waals surface area contributed by atoms with E-state index in [4.69, 9.17) is 0 Å². The van der Waals surface area contributed by atoms with Crippen molar-refractivity contribution in [1.29, 1.82) is 0 Å². The highest BCUT2D eigenvalue weighted by molar-refractivity contribution is 7.91. The first-order valence-electron chi connectivity index (χ1n) is 5.93. The summed E-state index contributed by atoms with van der Waals surface area (Å²) < 4.78 is 24.7. The van der Waals surface area contributed by atoms with Crippen molar-refractivity contribution < 1.29 is 8.42 Å². The fourth-order valence-corrected chi connectivity index (χ4v) is 2.83. The van der Waals surface area contributed by atoms with Crippen LogP contribution in [0.5, 0.6) is 0 Å². The summed E-state index contributed by atoms with van der Waals surface area (Å²) in [5, 5.41) is 7.27. The van der Waals surface area contributed by atoms with Gasteiger partial charge in [-0.3, -0.25) is 4.68 Å². The quantitative estimate of drug-likeness (QED) is 0.695. The van der Waals surface area contributed by atoms with Crippen LogP contribution in [0.25, 0.3) is 0 Å². The number of rotatable bonds is 8. The maximum atomic E-state index is 11.4. The van der Waals surface area contributed by atoms with Gasteiger partial charge in [0.2, 0.25) is 0 Å². The molecule has 0 unspecified atom stereocenters. The first-order chi connectivity index (χ1) is 8.03. The van der Waals surface area contributed by atoms with Gasteiger partial charge in [0.1, 0.15) is 0 Å². The lowest BCUT2D eigenvalue weighted by Gasteiger charge is -2.05. The van der Waals surface area contributed by atoms with E-state index in [0.29, 0.717) is 13.0 Å². The van der Waals surface area contributed by atoms with Crippen molar-refractivity contribution in [2.75, 3.05) is 24.6 Å². The normalized spacial score (nSPS) is 11.9. The molecule has 0 aliphatic carbocycles. The number of hydrogen-bond acceptors (Lipinski definition) is 4. The molecule has 0 atom stereocenters. The maximum Gasteiger partial charge on any atom is 0.151 e. The Morgan fingerprint density at radius 2 is 2.12 bits per heavy atom. The molecule has 0 bridgehead atoms. The van der Waals surface area contributed by atoms with Gasteiger partial charge in [-0.2, -0.15) is 5.10 Å². The molecule has 1 aromatic rings. The van der Waals surface area contributed by atoms with Crippen LogP contribution >= 0.6 is 0 Å². The number of sulfone groups is 1. The standard InChI is InChI=1S/C11H21N3O2S/c1-3-7-17(15,16)8-5-12-4-6-14-10-11(2)9-13-14/h9-10,12H,3-8H2,1-2H3. The number of nitrogens with zero attached hydrogens (tertiary/aromatic N) is 2. The number of aromatic nitrogens is 2. The topological polar surface area (TPSA) is 64.0 Å². The molecule has 0 aromatic carbocycles. The molecule has 0 aliphatic rings. The Morgan fingerprint density at radius 1 is 1.35 bits per heavy atom. The zero-order valence-corrected chi connectivity index (χ0v) is 11.3. The van der Waals surface area contributed by atoms with Crippen molar-refractivity contribution in [3.63, 3.8) is 0 Å². The second-order valence-electron chi connectivity index (χ2n) is 4.18. The number of nitrogens with one attached hydrogen (secondary N) is 1. The van der Waals surface area contributed by atoms with Crippen LogP contribution in [0.15, 0.2) is 12.4 Å². The van der Waals surface area contributed by atoms with E-state index < -0.39 is 9.84 Å². The van der Waals surface area contributed by atoms with Gasteiger partial charge >= 0.3 is 0 Å². The predicted molar refractivity (Wildman–Crippen MR) is 68.8 cm³/mol. The largest absolute Gasteiger partial charge is 0.314 e. The SMILES string of the molecule is CCCS(=O)(=O)CCNCCn1cc(C)cn1. The number of aryl methyl sites for hydroxylation is 1. The minimum Gasteiger partial charge on any atom is -0.314 e. The minimum atomic E-state index is -2.86. The van der Waals surface area contributed by atoms with Gasteiger partial charge in [0.05, 0.1) is 18.5 Å². The molecular weight excluding hydrogens is 238 g/mol. The molecule has 0 saturated carbocycles. The van der Waals surface area contributed by atoms with E-state index in [1.54, 1.807) is 0 Å². The molecule has 1 heterocycles. The highest BCUT2D eigenvalue weighted by atomic mass is 32.2. The molecule has 0 spiro atoms. The predicted octanol–water partition coefficient (Wildman–Crippen LogP) is 0.606. The van der Waals surface area contributed by atoms with Crippen LogP contribution in [0.3, 0.4) is 0 Å². The van der Waals surface area contributed by atoms with Crippen LogP contribution in [0, 0.1) is 6.92 Å². The van der Waals surface area contributed by atoms with Crippen LogP contribution in [-0.4, -0.2) is 42.8 Å². The van der Waals surface area contributed by atoms with Crippen LogP contribution in [0.4, 0.5) is 0 Å². The van der Waals surface area contributed by atoms with Crippen LogP contribution < -0.4 is 5.32 Å². The molecule has 1 rings (SSSR count). The Morgan fingerprint density at radius 3 is 2.71 bits per heavy atom. The van der Waals surface area contributed by atoms with Crippen molar-refractivity contribution in [3.8, 4) is 0 Å². The molecule has 0 amide bonds. The second-order valence-corrected chi connectivity index (χ2v) is 6.49. The summed E-state index contributed by atoms with van der Waals surface area (Å²) in [6.45, 7) is 5.90. The molecule has 1 aromatic heterocycles. The van der Waals surface area contributed by atoms with E-state index in [1.807, 2.05) is 30.9 Å².